The fraction of sp³-hybridized carbons (Fsp3) is 0.462. The highest BCUT2D eigenvalue weighted by Gasteiger charge is 2.11. The monoisotopic (exact) mass is 286 g/mol. The average molecular weight is 287 g/mol. The van der Waals surface area contributed by atoms with Gasteiger partial charge in [0.1, 0.15) is 5.52 Å². The van der Waals surface area contributed by atoms with Crippen molar-refractivity contribution in [3.8, 4) is 0 Å². The highest BCUT2D eigenvalue weighted by molar-refractivity contribution is 6.37. The van der Waals surface area contributed by atoms with Gasteiger partial charge in [-0.25, -0.2) is 4.98 Å². The second kappa shape index (κ2) is 5.91. The maximum atomic E-state index is 6.05. The number of hydrogen-bond donors (Lipinski definition) is 1. The van der Waals surface area contributed by atoms with E-state index in [0.717, 1.165) is 25.8 Å². The zero-order valence-electron chi connectivity index (χ0n) is 10.2. The number of fused-ring (bicyclic) bond motifs is 1. The molecule has 0 aliphatic heterocycles. The first-order chi connectivity index (χ1) is 8.60. The van der Waals surface area contributed by atoms with Gasteiger partial charge in [-0.3, -0.25) is 0 Å². The summed E-state index contributed by atoms with van der Waals surface area (Å²) >= 11 is 12.0. The molecule has 1 atom stereocenters. The van der Waals surface area contributed by atoms with Crippen LogP contribution < -0.4 is 5.73 Å². The van der Waals surface area contributed by atoms with Crippen molar-refractivity contribution in [3.05, 3.63) is 28.1 Å². The number of hydrogen-bond acceptors (Lipinski definition) is 3. The number of oxazole rings is 1. The summed E-state index contributed by atoms with van der Waals surface area (Å²) in [7, 11) is 0. The second-order valence-corrected chi connectivity index (χ2v) is 5.41. The molecular formula is C13H16Cl2N2O. The van der Waals surface area contributed by atoms with Gasteiger partial charge in [0.15, 0.2) is 11.5 Å². The molecule has 1 heterocycles. The molecule has 0 aliphatic rings. The van der Waals surface area contributed by atoms with Crippen LogP contribution in [0, 0.1) is 5.92 Å². The van der Waals surface area contributed by atoms with Crippen molar-refractivity contribution in [2.45, 2.75) is 26.2 Å². The third kappa shape index (κ3) is 3.16. The Morgan fingerprint density at radius 2 is 2.11 bits per heavy atom. The number of benzene rings is 1. The fourth-order valence-electron chi connectivity index (χ4n) is 1.91. The Morgan fingerprint density at radius 3 is 2.83 bits per heavy atom. The smallest absolute Gasteiger partial charge is 0.195 e. The number of aromatic nitrogens is 1. The quantitative estimate of drug-likeness (QED) is 0.902. The van der Waals surface area contributed by atoms with E-state index in [-0.39, 0.29) is 0 Å². The van der Waals surface area contributed by atoms with Crippen molar-refractivity contribution in [3.63, 3.8) is 0 Å². The molecule has 0 saturated heterocycles. The maximum absolute atomic E-state index is 6.05. The summed E-state index contributed by atoms with van der Waals surface area (Å²) in [5, 5.41) is 1.08. The van der Waals surface area contributed by atoms with E-state index in [2.05, 4.69) is 11.9 Å². The Hall–Kier alpha value is -0.770. The zero-order valence-corrected chi connectivity index (χ0v) is 11.8. The van der Waals surface area contributed by atoms with Gasteiger partial charge in [0.2, 0.25) is 0 Å². The van der Waals surface area contributed by atoms with Gasteiger partial charge in [-0.2, -0.15) is 0 Å². The molecule has 0 bridgehead atoms. The van der Waals surface area contributed by atoms with Gasteiger partial charge >= 0.3 is 0 Å². The van der Waals surface area contributed by atoms with Crippen LogP contribution in [-0.4, -0.2) is 11.5 Å². The molecule has 1 aromatic heterocycles. The highest BCUT2D eigenvalue weighted by atomic mass is 35.5. The van der Waals surface area contributed by atoms with Crippen molar-refractivity contribution in [2.75, 3.05) is 6.54 Å². The van der Waals surface area contributed by atoms with Gasteiger partial charge in [-0.15, -0.1) is 0 Å². The minimum atomic E-state index is 0.506. The standard InChI is InChI=1S/C13H16Cl2N2O/c1-8(4-5-16)2-3-12-17-11-7-9(14)6-10(15)13(11)18-12/h6-8H,2-5,16H2,1H3. The molecule has 0 spiro atoms. The zero-order chi connectivity index (χ0) is 13.1. The summed E-state index contributed by atoms with van der Waals surface area (Å²) in [5.74, 6) is 1.28. The lowest BCUT2D eigenvalue weighted by atomic mass is 10.0. The third-order valence-corrected chi connectivity index (χ3v) is 3.46. The molecule has 2 N–H and O–H groups in total. The molecule has 2 rings (SSSR count). The predicted molar refractivity (Wildman–Crippen MR) is 75.2 cm³/mol. The predicted octanol–water partition coefficient (Wildman–Crippen LogP) is 4.05. The topological polar surface area (TPSA) is 52.0 Å². The maximum Gasteiger partial charge on any atom is 0.195 e. The second-order valence-electron chi connectivity index (χ2n) is 4.56. The molecule has 0 radical (unpaired) electrons. The first-order valence-electron chi connectivity index (χ1n) is 6.04. The molecule has 98 valence electrons. The lowest BCUT2D eigenvalue weighted by Crippen LogP contribution is -2.06. The molecule has 0 fully saturated rings. The van der Waals surface area contributed by atoms with Gasteiger partial charge in [0.05, 0.1) is 5.02 Å². The number of aryl methyl sites for hydroxylation is 1. The van der Waals surface area contributed by atoms with Crippen molar-refractivity contribution in [1.82, 2.24) is 4.98 Å². The number of nitrogens with two attached hydrogens (primary N) is 1. The molecule has 3 nitrogen and oxygen atoms in total. The van der Waals surface area contributed by atoms with Crippen molar-refractivity contribution in [2.24, 2.45) is 11.7 Å². The van der Waals surface area contributed by atoms with E-state index in [4.69, 9.17) is 33.4 Å². The van der Waals surface area contributed by atoms with Crippen LogP contribution in [0.5, 0.6) is 0 Å². The molecule has 2 aromatic rings. The fourth-order valence-corrected chi connectivity index (χ4v) is 2.43. The average Bonchev–Trinajstić information content (AvgIpc) is 2.70. The largest absolute Gasteiger partial charge is 0.439 e. The van der Waals surface area contributed by atoms with Gasteiger partial charge in [0.25, 0.3) is 0 Å². The van der Waals surface area contributed by atoms with E-state index < -0.39 is 0 Å². The number of nitrogens with zero attached hydrogens (tertiary/aromatic N) is 1. The van der Waals surface area contributed by atoms with Crippen LogP contribution in [0.25, 0.3) is 11.1 Å². The summed E-state index contributed by atoms with van der Waals surface area (Å²) in [5.41, 5.74) is 6.86. The van der Waals surface area contributed by atoms with E-state index in [9.17, 15) is 0 Å². The van der Waals surface area contributed by atoms with Crippen LogP contribution in [0.1, 0.15) is 25.7 Å². The molecular weight excluding hydrogens is 271 g/mol. The first kappa shape index (κ1) is 13.7. The Labute approximate surface area is 116 Å². The summed E-state index contributed by atoms with van der Waals surface area (Å²) in [6.45, 7) is 2.90. The molecule has 18 heavy (non-hydrogen) atoms. The molecule has 5 heteroatoms. The third-order valence-electron chi connectivity index (χ3n) is 2.96. The van der Waals surface area contributed by atoms with E-state index in [0.29, 0.717) is 33.0 Å². The van der Waals surface area contributed by atoms with Gasteiger partial charge in [-0.05, 0) is 37.4 Å². The van der Waals surface area contributed by atoms with Crippen LogP contribution in [0.3, 0.4) is 0 Å². The Bertz CT molecular complexity index is 539. The summed E-state index contributed by atoms with van der Waals surface area (Å²) in [6.07, 6.45) is 2.83. The summed E-state index contributed by atoms with van der Waals surface area (Å²) in [6, 6.07) is 3.43. The van der Waals surface area contributed by atoms with E-state index in [1.54, 1.807) is 12.1 Å². The van der Waals surface area contributed by atoms with E-state index >= 15 is 0 Å². The van der Waals surface area contributed by atoms with Gasteiger partial charge in [0, 0.05) is 11.4 Å². The molecule has 0 amide bonds. The molecule has 1 aromatic carbocycles. The lowest BCUT2D eigenvalue weighted by Gasteiger charge is -2.06. The van der Waals surface area contributed by atoms with Gasteiger partial charge in [-0.1, -0.05) is 30.1 Å². The molecule has 1 unspecified atom stereocenters. The van der Waals surface area contributed by atoms with Crippen molar-refractivity contribution < 1.29 is 4.42 Å². The summed E-state index contributed by atoms with van der Waals surface area (Å²) < 4.78 is 5.65. The summed E-state index contributed by atoms with van der Waals surface area (Å²) in [4.78, 5) is 4.40. The van der Waals surface area contributed by atoms with Crippen LogP contribution in [0.15, 0.2) is 16.5 Å². The molecule has 0 aliphatic carbocycles. The Kier molecular flexibility index (Phi) is 4.49. The van der Waals surface area contributed by atoms with Crippen LogP contribution >= 0.6 is 23.2 Å². The lowest BCUT2D eigenvalue weighted by molar-refractivity contribution is 0.451. The van der Waals surface area contributed by atoms with Gasteiger partial charge < -0.3 is 10.2 Å². The highest BCUT2D eigenvalue weighted by Crippen LogP contribution is 2.29. The molecule has 0 saturated carbocycles. The Morgan fingerprint density at radius 1 is 1.33 bits per heavy atom. The SMILES string of the molecule is CC(CCN)CCc1nc2cc(Cl)cc(Cl)c2o1. The number of halogens is 2. The minimum Gasteiger partial charge on any atom is -0.439 e. The van der Waals surface area contributed by atoms with Crippen LogP contribution in [0.4, 0.5) is 0 Å². The first-order valence-corrected chi connectivity index (χ1v) is 6.80. The van der Waals surface area contributed by atoms with Crippen LogP contribution in [-0.2, 0) is 6.42 Å². The van der Waals surface area contributed by atoms with Crippen molar-refractivity contribution in [1.29, 1.82) is 0 Å². The minimum absolute atomic E-state index is 0.506. The Balaban J connectivity index is 2.13. The normalized spacial score (nSPS) is 13.1. The van der Waals surface area contributed by atoms with E-state index in [1.165, 1.54) is 0 Å². The van der Waals surface area contributed by atoms with E-state index in [1.807, 2.05) is 0 Å². The van der Waals surface area contributed by atoms with Crippen molar-refractivity contribution >= 4 is 34.3 Å². The number of rotatable bonds is 5. The van der Waals surface area contributed by atoms with Crippen LogP contribution in [0.2, 0.25) is 10.0 Å².